The SMILES string of the molecule is CCOC(=O)COc1ccc(C=Nn2c(-c3cc4cc(Cl)ccc4o3)nc3ccccc3c2=O)cc1I. The molecule has 3 aromatic carbocycles. The Labute approximate surface area is 229 Å². The number of ether oxygens (including phenoxy) is 2. The van der Waals surface area contributed by atoms with Gasteiger partial charge in [-0.2, -0.15) is 9.78 Å². The molecule has 8 nitrogen and oxygen atoms in total. The van der Waals surface area contributed by atoms with Crippen LogP contribution in [-0.2, 0) is 9.53 Å². The van der Waals surface area contributed by atoms with Gasteiger partial charge in [0.2, 0.25) is 5.82 Å². The van der Waals surface area contributed by atoms with E-state index in [0.29, 0.717) is 39.6 Å². The molecule has 2 aromatic heterocycles. The van der Waals surface area contributed by atoms with Crippen molar-refractivity contribution in [3.8, 4) is 17.3 Å². The number of rotatable bonds is 7. The van der Waals surface area contributed by atoms with Crippen LogP contribution >= 0.6 is 34.2 Å². The Morgan fingerprint density at radius 3 is 2.81 bits per heavy atom. The molecule has 10 heteroatoms. The van der Waals surface area contributed by atoms with E-state index in [0.717, 1.165) is 14.5 Å². The van der Waals surface area contributed by atoms with E-state index in [9.17, 15) is 9.59 Å². The van der Waals surface area contributed by atoms with Gasteiger partial charge in [-0.25, -0.2) is 9.78 Å². The number of hydrogen-bond donors (Lipinski definition) is 0. The number of carbonyl (C=O) groups is 1. The molecule has 2 heterocycles. The number of aromatic nitrogens is 2. The van der Waals surface area contributed by atoms with Crippen molar-refractivity contribution in [2.75, 3.05) is 13.2 Å². The molecule has 0 radical (unpaired) electrons. The van der Waals surface area contributed by atoms with E-state index >= 15 is 0 Å². The first-order valence-electron chi connectivity index (χ1n) is 11.3. The van der Waals surface area contributed by atoms with Crippen LogP contribution in [0.4, 0.5) is 0 Å². The van der Waals surface area contributed by atoms with Gasteiger partial charge in [0.15, 0.2) is 12.4 Å². The van der Waals surface area contributed by atoms with Crippen molar-refractivity contribution in [2.24, 2.45) is 5.10 Å². The number of halogens is 2. The highest BCUT2D eigenvalue weighted by atomic mass is 127. The van der Waals surface area contributed by atoms with E-state index < -0.39 is 5.97 Å². The Bertz CT molecular complexity index is 1730. The number of hydrogen-bond acceptors (Lipinski definition) is 7. The number of furan rings is 1. The zero-order valence-electron chi connectivity index (χ0n) is 19.5. The average Bonchev–Trinajstić information content (AvgIpc) is 3.31. The van der Waals surface area contributed by atoms with E-state index in [2.05, 4.69) is 32.7 Å². The molecule has 5 rings (SSSR count). The topological polar surface area (TPSA) is 95.9 Å². The van der Waals surface area contributed by atoms with Gasteiger partial charge >= 0.3 is 5.97 Å². The van der Waals surface area contributed by atoms with Crippen LogP contribution in [0, 0.1) is 3.57 Å². The first-order chi connectivity index (χ1) is 17.9. The second-order valence-electron chi connectivity index (χ2n) is 7.89. The van der Waals surface area contributed by atoms with Gasteiger partial charge < -0.3 is 13.9 Å². The fourth-order valence-corrected chi connectivity index (χ4v) is 4.57. The molecular formula is C27H19ClIN3O5. The van der Waals surface area contributed by atoms with Crippen LogP contribution < -0.4 is 10.3 Å². The standard InChI is InChI=1S/C27H19ClIN3O5/c1-2-35-25(33)15-36-23-9-7-16(11-20(23)29)14-30-32-26(31-21-6-4-3-5-19(21)27(32)34)24-13-17-12-18(28)8-10-22(17)37-24/h3-14H,2,15H2,1H3. The Kier molecular flexibility index (Phi) is 7.24. The Morgan fingerprint density at radius 1 is 1.16 bits per heavy atom. The molecule has 0 aliphatic carbocycles. The van der Waals surface area contributed by atoms with E-state index in [1.807, 2.05) is 12.1 Å². The van der Waals surface area contributed by atoms with Gasteiger partial charge in [0.05, 0.1) is 27.3 Å². The molecule has 0 aliphatic rings. The smallest absolute Gasteiger partial charge is 0.344 e. The highest BCUT2D eigenvalue weighted by Gasteiger charge is 2.16. The summed E-state index contributed by atoms with van der Waals surface area (Å²) in [6.45, 7) is 1.85. The predicted molar refractivity (Wildman–Crippen MR) is 150 cm³/mol. The summed E-state index contributed by atoms with van der Waals surface area (Å²) in [7, 11) is 0. The summed E-state index contributed by atoms with van der Waals surface area (Å²) >= 11 is 8.24. The third kappa shape index (κ3) is 5.37. The van der Waals surface area contributed by atoms with Crippen molar-refractivity contribution in [3.63, 3.8) is 0 Å². The minimum absolute atomic E-state index is 0.179. The molecule has 37 heavy (non-hydrogen) atoms. The van der Waals surface area contributed by atoms with Crippen LogP contribution in [0.1, 0.15) is 12.5 Å². The quantitative estimate of drug-likeness (QED) is 0.127. The highest BCUT2D eigenvalue weighted by Crippen LogP contribution is 2.29. The molecule has 0 atom stereocenters. The number of para-hydroxylation sites is 1. The summed E-state index contributed by atoms with van der Waals surface area (Å²) < 4.78 is 18.4. The first-order valence-corrected chi connectivity index (χ1v) is 12.7. The lowest BCUT2D eigenvalue weighted by Gasteiger charge is -2.09. The summed E-state index contributed by atoms with van der Waals surface area (Å²) in [5.41, 5.74) is 1.53. The van der Waals surface area contributed by atoms with Crippen molar-refractivity contribution in [3.05, 3.63) is 91.2 Å². The maximum absolute atomic E-state index is 13.4. The van der Waals surface area contributed by atoms with Gasteiger partial charge in [0.25, 0.3) is 5.56 Å². The van der Waals surface area contributed by atoms with Crippen LogP contribution in [0.5, 0.6) is 5.75 Å². The van der Waals surface area contributed by atoms with E-state index in [1.165, 1.54) is 4.68 Å². The highest BCUT2D eigenvalue weighted by molar-refractivity contribution is 14.1. The molecule has 0 unspecified atom stereocenters. The van der Waals surface area contributed by atoms with Crippen molar-refractivity contribution in [1.82, 2.24) is 9.66 Å². The zero-order valence-corrected chi connectivity index (χ0v) is 22.4. The fourth-order valence-electron chi connectivity index (χ4n) is 3.69. The molecule has 0 bridgehead atoms. The second kappa shape index (κ2) is 10.7. The number of carbonyl (C=O) groups excluding carboxylic acids is 1. The minimum atomic E-state index is -0.437. The molecule has 0 fully saturated rings. The summed E-state index contributed by atoms with van der Waals surface area (Å²) in [4.78, 5) is 29.7. The Balaban J connectivity index is 1.53. The first kappa shape index (κ1) is 25.0. The third-order valence-corrected chi connectivity index (χ3v) is 6.46. The molecule has 0 saturated carbocycles. The molecule has 5 aromatic rings. The predicted octanol–water partition coefficient (Wildman–Crippen LogP) is 5.89. The van der Waals surface area contributed by atoms with E-state index in [1.54, 1.807) is 67.7 Å². The molecule has 0 amide bonds. The second-order valence-corrected chi connectivity index (χ2v) is 9.49. The summed E-state index contributed by atoms with van der Waals surface area (Å²) in [5, 5.41) is 6.26. The van der Waals surface area contributed by atoms with Gasteiger partial charge in [-0.05, 0) is 89.7 Å². The van der Waals surface area contributed by atoms with Crippen LogP contribution in [-0.4, -0.2) is 35.1 Å². The van der Waals surface area contributed by atoms with Crippen LogP contribution in [0.2, 0.25) is 5.02 Å². The summed E-state index contributed by atoms with van der Waals surface area (Å²) in [6, 6.07) is 19.5. The monoisotopic (exact) mass is 627 g/mol. The average molecular weight is 628 g/mol. The number of benzene rings is 3. The molecule has 0 spiro atoms. The number of esters is 1. The van der Waals surface area contributed by atoms with Gasteiger partial charge in [-0.3, -0.25) is 4.79 Å². The van der Waals surface area contributed by atoms with Crippen LogP contribution in [0.15, 0.2) is 81.0 Å². The number of fused-ring (bicyclic) bond motifs is 2. The van der Waals surface area contributed by atoms with Crippen molar-refractivity contribution in [1.29, 1.82) is 0 Å². The van der Waals surface area contributed by atoms with Gasteiger partial charge in [-0.1, -0.05) is 23.7 Å². The molecule has 186 valence electrons. The molecule has 0 saturated heterocycles. The molecular weight excluding hydrogens is 609 g/mol. The minimum Gasteiger partial charge on any atom is -0.481 e. The third-order valence-electron chi connectivity index (χ3n) is 5.38. The van der Waals surface area contributed by atoms with Crippen LogP contribution in [0.3, 0.4) is 0 Å². The lowest BCUT2D eigenvalue weighted by atomic mass is 10.2. The lowest BCUT2D eigenvalue weighted by Crippen LogP contribution is -2.20. The maximum atomic E-state index is 13.4. The number of nitrogens with zero attached hydrogens (tertiary/aromatic N) is 3. The Morgan fingerprint density at radius 2 is 2.00 bits per heavy atom. The summed E-state index contributed by atoms with van der Waals surface area (Å²) in [6.07, 6.45) is 1.55. The van der Waals surface area contributed by atoms with Gasteiger partial charge in [0, 0.05) is 10.4 Å². The lowest BCUT2D eigenvalue weighted by molar-refractivity contribution is -0.145. The van der Waals surface area contributed by atoms with Crippen LogP contribution in [0.25, 0.3) is 33.5 Å². The van der Waals surface area contributed by atoms with Crippen molar-refractivity contribution < 1.29 is 18.7 Å². The zero-order chi connectivity index (χ0) is 25.9. The molecule has 0 aliphatic heterocycles. The summed E-state index contributed by atoms with van der Waals surface area (Å²) in [5.74, 6) is 0.746. The van der Waals surface area contributed by atoms with Crippen molar-refractivity contribution in [2.45, 2.75) is 6.92 Å². The van der Waals surface area contributed by atoms with E-state index in [4.69, 9.17) is 25.5 Å². The Hall–Kier alpha value is -3.70. The van der Waals surface area contributed by atoms with Gasteiger partial charge in [-0.15, -0.1) is 0 Å². The maximum Gasteiger partial charge on any atom is 0.344 e. The van der Waals surface area contributed by atoms with E-state index in [-0.39, 0.29) is 18.0 Å². The normalized spacial score (nSPS) is 11.4. The largest absolute Gasteiger partial charge is 0.481 e. The fraction of sp³-hybridized carbons (Fsp3) is 0.111. The van der Waals surface area contributed by atoms with Gasteiger partial charge in [0.1, 0.15) is 11.3 Å². The molecule has 0 N–H and O–H groups in total. The van der Waals surface area contributed by atoms with Crippen molar-refractivity contribution >= 4 is 68.2 Å².